The molecule has 3 aromatic carbocycles. The van der Waals surface area contributed by atoms with E-state index in [-0.39, 0.29) is 51.1 Å². The monoisotopic (exact) mass is 749 g/mol. The van der Waals surface area contributed by atoms with Gasteiger partial charge in [-0.1, -0.05) is 63.3 Å². The Hall–Kier alpha value is -5.30. The molecule has 7 rings (SSSR count). The number of carbonyl (C=O) groups excluding carboxylic acids is 4. The number of aromatic hydroxyl groups is 1. The highest BCUT2D eigenvalue weighted by atomic mass is 16.6. The van der Waals surface area contributed by atoms with Crippen molar-refractivity contribution in [3.05, 3.63) is 107 Å². The zero-order chi connectivity index (χ0) is 39.8. The Kier molecular flexibility index (Phi) is 9.30. The number of hydrogen-bond acceptors (Lipinski definition) is 10. The van der Waals surface area contributed by atoms with Crippen molar-refractivity contribution < 1.29 is 44.3 Å². The third kappa shape index (κ3) is 5.68. The number of nitrogens with zero attached hydrogens (tertiary/aromatic N) is 1. The molecule has 55 heavy (non-hydrogen) atoms. The van der Waals surface area contributed by atoms with Gasteiger partial charge in [-0.2, -0.15) is 0 Å². The first-order chi connectivity index (χ1) is 26.0. The summed E-state index contributed by atoms with van der Waals surface area (Å²) in [6.07, 6.45) is 0.630. The number of Topliss-reactive ketones (excluding diaryl/α,β-unsaturated/α-hetero) is 1. The van der Waals surface area contributed by atoms with Gasteiger partial charge < -0.3 is 40.7 Å². The van der Waals surface area contributed by atoms with Gasteiger partial charge in [-0.25, -0.2) is 4.79 Å². The van der Waals surface area contributed by atoms with Gasteiger partial charge in [0.25, 0.3) is 11.8 Å². The molecular formula is C43H47N3O9. The average molecular weight is 750 g/mol. The first-order valence-electron chi connectivity index (χ1n) is 18.5. The smallest absolute Gasteiger partial charge is 0.340 e. The fourth-order valence-electron chi connectivity index (χ4n) is 9.85. The molecule has 0 unspecified atom stereocenters. The van der Waals surface area contributed by atoms with Crippen LogP contribution in [0.3, 0.4) is 0 Å². The summed E-state index contributed by atoms with van der Waals surface area (Å²) in [5.74, 6) is -3.97. The molecule has 6 N–H and O–H groups in total. The van der Waals surface area contributed by atoms with Crippen molar-refractivity contribution in [2.75, 3.05) is 36.2 Å². The van der Waals surface area contributed by atoms with Crippen LogP contribution in [0.25, 0.3) is 0 Å². The maximum atomic E-state index is 14.7. The van der Waals surface area contributed by atoms with Gasteiger partial charge >= 0.3 is 5.97 Å². The molecule has 3 aromatic rings. The number of benzene rings is 3. The molecule has 2 amide bonds. The van der Waals surface area contributed by atoms with E-state index in [4.69, 9.17) is 4.74 Å². The van der Waals surface area contributed by atoms with Gasteiger partial charge in [0.15, 0.2) is 17.5 Å². The van der Waals surface area contributed by atoms with Crippen molar-refractivity contribution >= 4 is 40.6 Å². The van der Waals surface area contributed by atoms with E-state index in [0.29, 0.717) is 23.2 Å². The van der Waals surface area contributed by atoms with E-state index in [9.17, 15) is 39.6 Å². The van der Waals surface area contributed by atoms with Gasteiger partial charge in [-0.15, -0.1) is 0 Å². The lowest BCUT2D eigenvalue weighted by Crippen LogP contribution is -2.65. The highest BCUT2D eigenvalue weighted by Crippen LogP contribution is 2.71. The number of amides is 2. The van der Waals surface area contributed by atoms with Gasteiger partial charge in [-0.05, 0) is 84.1 Å². The van der Waals surface area contributed by atoms with Crippen molar-refractivity contribution in [2.45, 2.75) is 51.9 Å². The van der Waals surface area contributed by atoms with Crippen LogP contribution in [0.4, 0.5) is 17.1 Å². The van der Waals surface area contributed by atoms with Gasteiger partial charge in [-0.3, -0.25) is 14.4 Å². The number of anilines is 3. The van der Waals surface area contributed by atoms with Crippen LogP contribution in [0.2, 0.25) is 0 Å². The van der Waals surface area contributed by atoms with Crippen molar-refractivity contribution in [2.24, 2.45) is 34.5 Å². The Balaban J connectivity index is 1.18. The minimum absolute atomic E-state index is 0.00373. The number of para-hydroxylation sites is 2. The average Bonchev–Trinajstić information content (AvgIpc) is 3.64. The maximum absolute atomic E-state index is 14.7. The minimum Gasteiger partial charge on any atom is -0.507 e. The van der Waals surface area contributed by atoms with E-state index in [1.54, 1.807) is 74.5 Å². The molecule has 2 saturated carbocycles. The first kappa shape index (κ1) is 38.0. The van der Waals surface area contributed by atoms with Crippen LogP contribution in [0.5, 0.6) is 5.75 Å². The van der Waals surface area contributed by atoms with Gasteiger partial charge in [0.05, 0.1) is 34.5 Å². The number of ether oxygens (including phenoxy) is 1. The topological polar surface area (TPSA) is 186 Å². The molecular weight excluding hydrogens is 702 g/mol. The fraction of sp³-hybridized carbons (Fsp3) is 0.395. The number of aliphatic hydroxyl groups excluding tert-OH is 2. The Morgan fingerprint density at radius 1 is 0.927 bits per heavy atom. The number of allylic oxidation sites excluding steroid dienone is 1. The summed E-state index contributed by atoms with van der Waals surface area (Å²) in [5.41, 5.74) is -3.02. The summed E-state index contributed by atoms with van der Waals surface area (Å²) >= 11 is 0. The number of ketones is 1. The standard InChI is InChI=1S/C43H47N3O9/c1-22-20-42-23(2)18-28-34(41(28,3)4)27(36(42)50)19-24(21-47)35(49)43(42,54)37(22)55-40(53)25-12-7-9-14-29(25)44-39(52)33-30(15-11-17-32(33)48)45-38(51)26-13-8-10-16-31(26)46(5)6/h7-17,19-20,23,27-28,34-35,37,47-49,54H,18,21H2,1-6H3,(H,44,52)(H,45,51)/t23-,27+,28-,34+,35-,37-,42-,43-/m0/s1. The number of nitrogens with one attached hydrogen (secondary N) is 2. The second-order valence-electron chi connectivity index (χ2n) is 16.2. The number of rotatable bonds is 8. The number of hydrogen-bond donors (Lipinski definition) is 6. The number of phenols is 1. The lowest BCUT2D eigenvalue weighted by Gasteiger charge is -2.48. The predicted octanol–water partition coefficient (Wildman–Crippen LogP) is 4.96. The minimum atomic E-state index is -2.35. The van der Waals surface area contributed by atoms with Crippen LogP contribution < -0.4 is 15.5 Å². The summed E-state index contributed by atoms with van der Waals surface area (Å²) < 4.78 is 6.07. The maximum Gasteiger partial charge on any atom is 0.340 e. The van der Waals surface area contributed by atoms with Gasteiger partial charge in [0, 0.05) is 25.7 Å². The number of esters is 1. The van der Waals surface area contributed by atoms with E-state index in [0.717, 1.165) is 0 Å². The van der Waals surface area contributed by atoms with Crippen molar-refractivity contribution in [1.29, 1.82) is 0 Å². The largest absolute Gasteiger partial charge is 0.507 e. The Labute approximate surface area is 319 Å². The summed E-state index contributed by atoms with van der Waals surface area (Å²) in [4.78, 5) is 57.9. The molecule has 0 aromatic heterocycles. The molecule has 0 heterocycles. The molecule has 2 fully saturated rings. The zero-order valence-electron chi connectivity index (χ0n) is 31.7. The van der Waals surface area contributed by atoms with Crippen LogP contribution >= 0.6 is 0 Å². The molecule has 8 atom stereocenters. The third-order valence-electron chi connectivity index (χ3n) is 12.7. The molecule has 2 bridgehead atoms. The van der Waals surface area contributed by atoms with Gasteiger partial charge in [0.2, 0.25) is 0 Å². The van der Waals surface area contributed by atoms with Gasteiger partial charge in [0.1, 0.15) is 17.4 Å². The first-order valence-corrected chi connectivity index (χ1v) is 18.5. The molecule has 4 aliphatic carbocycles. The molecule has 0 radical (unpaired) electrons. The summed E-state index contributed by atoms with van der Waals surface area (Å²) in [5, 5.41) is 51.4. The highest BCUT2D eigenvalue weighted by Gasteiger charge is 2.76. The predicted molar refractivity (Wildman–Crippen MR) is 206 cm³/mol. The molecule has 0 aliphatic heterocycles. The molecule has 12 heteroatoms. The van der Waals surface area contributed by atoms with Crippen LogP contribution in [0.1, 0.15) is 65.2 Å². The second-order valence-corrected chi connectivity index (χ2v) is 16.2. The summed E-state index contributed by atoms with van der Waals surface area (Å²) in [7, 11) is 3.59. The number of phenolic OH excluding ortho intramolecular Hbond substituents is 1. The lowest BCUT2D eigenvalue weighted by molar-refractivity contribution is -0.190. The Bertz CT molecular complexity index is 2170. The van der Waals surface area contributed by atoms with Crippen LogP contribution in [0, 0.1) is 34.5 Å². The summed E-state index contributed by atoms with van der Waals surface area (Å²) in [6, 6.07) is 17.1. The molecule has 12 nitrogen and oxygen atoms in total. The van der Waals surface area contributed by atoms with Crippen molar-refractivity contribution in [1.82, 2.24) is 0 Å². The Morgan fingerprint density at radius 2 is 1.56 bits per heavy atom. The molecule has 0 saturated heterocycles. The van der Waals surface area contributed by atoms with E-state index in [2.05, 4.69) is 24.5 Å². The van der Waals surface area contributed by atoms with Crippen molar-refractivity contribution in [3.8, 4) is 5.75 Å². The zero-order valence-corrected chi connectivity index (χ0v) is 31.7. The number of fused-ring (bicyclic) bond motifs is 3. The van der Waals surface area contributed by atoms with Crippen LogP contribution in [-0.4, -0.2) is 82.5 Å². The van der Waals surface area contributed by atoms with Crippen LogP contribution in [-0.2, 0) is 9.53 Å². The van der Waals surface area contributed by atoms with Crippen molar-refractivity contribution in [3.63, 3.8) is 0 Å². The second kappa shape index (κ2) is 13.5. The Morgan fingerprint density at radius 3 is 2.25 bits per heavy atom. The van der Waals surface area contributed by atoms with E-state index in [1.165, 1.54) is 30.3 Å². The summed E-state index contributed by atoms with van der Waals surface area (Å²) in [6.45, 7) is 7.12. The quantitative estimate of drug-likeness (QED) is 0.136. The van der Waals surface area contributed by atoms with E-state index in [1.807, 2.05) is 6.92 Å². The number of carbonyl (C=O) groups is 4. The molecule has 1 spiro atoms. The van der Waals surface area contributed by atoms with E-state index >= 15 is 0 Å². The number of aliphatic hydroxyl groups is 3. The molecule has 4 aliphatic rings. The van der Waals surface area contributed by atoms with E-state index < -0.39 is 65.2 Å². The fourth-order valence-corrected chi connectivity index (χ4v) is 9.85. The SMILES string of the molecule is CC1=C[C@]23C(=O)[C@H](C=C(CO)[C@H](O)[C@]2(O)[C@H]1OC(=O)c1ccccc1NC(=O)c1c(O)cccc1NC(=O)c1ccccc1N(C)C)[C@@H]1[C@H](C[C@@H]3C)C1(C)C. The lowest BCUT2D eigenvalue weighted by atomic mass is 9.59. The highest BCUT2D eigenvalue weighted by molar-refractivity contribution is 6.16. The normalized spacial score (nSPS) is 30.0. The molecule has 288 valence electrons. The third-order valence-corrected chi connectivity index (χ3v) is 12.7. The van der Waals surface area contributed by atoms with Crippen LogP contribution in [0.15, 0.2) is 90.0 Å².